The summed E-state index contributed by atoms with van der Waals surface area (Å²) in [5.41, 5.74) is -0.153. The van der Waals surface area contributed by atoms with Gasteiger partial charge in [0, 0.05) is 25.6 Å². The SMILES string of the molecule is O=C1N(CC2CCC2)CCC[C@@]12CCN(Cc1noc(C3CCCC3)n1)C2. The standard InChI is InChI=1S/C21H32N4O2/c26-20-21(9-4-11-25(20)13-16-5-3-6-16)10-12-24(15-21)14-18-22-19(27-23-18)17-7-1-2-8-17/h16-17H,1-15H2/t21-/m0/s1. The molecule has 0 bridgehead atoms. The second kappa shape index (κ2) is 7.19. The fourth-order valence-electron chi connectivity index (χ4n) is 5.66. The number of carbonyl (C=O) groups excluding carboxylic acids is 1. The van der Waals surface area contributed by atoms with Gasteiger partial charge in [0.05, 0.1) is 12.0 Å². The van der Waals surface area contributed by atoms with Crippen LogP contribution >= 0.6 is 0 Å². The van der Waals surface area contributed by atoms with Crippen molar-refractivity contribution in [3.05, 3.63) is 11.7 Å². The topological polar surface area (TPSA) is 62.5 Å². The molecule has 0 aromatic carbocycles. The summed E-state index contributed by atoms with van der Waals surface area (Å²) in [4.78, 5) is 22.5. The molecule has 2 aliphatic heterocycles. The van der Waals surface area contributed by atoms with Gasteiger partial charge in [0.2, 0.25) is 11.8 Å². The largest absolute Gasteiger partial charge is 0.342 e. The van der Waals surface area contributed by atoms with Crippen molar-refractivity contribution < 1.29 is 9.32 Å². The number of carbonyl (C=O) groups is 1. The monoisotopic (exact) mass is 372 g/mol. The number of nitrogens with zero attached hydrogens (tertiary/aromatic N) is 4. The molecule has 4 fully saturated rings. The van der Waals surface area contributed by atoms with Crippen molar-refractivity contribution in [2.24, 2.45) is 11.3 Å². The molecule has 0 radical (unpaired) electrons. The van der Waals surface area contributed by atoms with Crippen LogP contribution in [0.2, 0.25) is 0 Å². The van der Waals surface area contributed by atoms with E-state index in [9.17, 15) is 4.79 Å². The molecule has 2 saturated heterocycles. The molecular formula is C21H32N4O2. The van der Waals surface area contributed by atoms with Crippen LogP contribution in [0.5, 0.6) is 0 Å². The number of aromatic nitrogens is 2. The van der Waals surface area contributed by atoms with Gasteiger partial charge >= 0.3 is 0 Å². The van der Waals surface area contributed by atoms with E-state index in [4.69, 9.17) is 4.52 Å². The van der Waals surface area contributed by atoms with Crippen molar-refractivity contribution in [3.8, 4) is 0 Å². The Morgan fingerprint density at radius 1 is 1.04 bits per heavy atom. The highest BCUT2D eigenvalue weighted by Gasteiger charge is 2.48. The molecule has 0 N–H and O–H groups in total. The summed E-state index contributed by atoms with van der Waals surface area (Å²) in [6.45, 7) is 4.51. The van der Waals surface area contributed by atoms with Crippen molar-refractivity contribution in [2.75, 3.05) is 26.2 Å². The van der Waals surface area contributed by atoms with E-state index in [-0.39, 0.29) is 5.41 Å². The first kappa shape index (κ1) is 17.7. The first-order valence-corrected chi connectivity index (χ1v) is 11.1. The molecule has 1 amide bonds. The van der Waals surface area contributed by atoms with Crippen molar-refractivity contribution in [1.82, 2.24) is 19.9 Å². The summed E-state index contributed by atoms with van der Waals surface area (Å²) in [6, 6.07) is 0. The highest BCUT2D eigenvalue weighted by molar-refractivity contribution is 5.84. The van der Waals surface area contributed by atoms with Gasteiger partial charge in [-0.1, -0.05) is 24.4 Å². The molecule has 1 aromatic rings. The molecule has 6 nitrogen and oxygen atoms in total. The van der Waals surface area contributed by atoms with Gasteiger partial charge in [0.25, 0.3) is 0 Å². The molecule has 1 aromatic heterocycles. The molecular weight excluding hydrogens is 340 g/mol. The van der Waals surface area contributed by atoms with Gasteiger partial charge in [-0.25, -0.2) is 0 Å². The molecule has 0 unspecified atom stereocenters. The minimum Gasteiger partial charge on any atom is -0.342 e. The fourth-order valence-corrected chi connectivity index (χ4v) is 5.66. The maximum atomic E-state index is 13.3. The third-order valence-corrected chi connectivity index (χ3v) is 7.51. The van der Waals surface area contributed by atoms with E-state index in [1.165, 1.54) is 44.9 Å². The van der Waals surface area contributed by atoms with Crippen molar-refractivity contribution in [3.63, 3.8) is 0 Å². The average Bonchev–Trinajstić information content (AvgIpc) is 3.36. The third-order valence-electron chi connectivity index (χ3n) is 7.51. The minimum atomic E-state index is -0.153. The average molecular weight is 373 g/mol. The molecule has 27 heavy (non-hydrogen) atoms. The highest BCUT2D eigenvalue weighted by Crippen LogP contribution is 2.41. The smallest absolute Gasteiger partial charge is 0.230 e. The van der Waals surface area contributed by atoms with E-state index in [0.29, 0.717) is 18.4 Å². The van der Waals surface area contributed by atoms with Gasteiger partial charge in [-0.2, -0.15) is 4.98 Å². The Labute approximate surface area is 161 Å². The van der Waals surface area contributed by atoms with Crippen LogP contribution in [0.15, 0.2) is 4.52 Å². The molecule has 4 aliphatic rings. The van der Waals surface area contributed by atoms with Gasteiger partial charge in [0.15, 0.2) is 5.82 Å². The number of hydrogen-bond acceptors (Lipinski definition) is 5. The number of rotatable bonds is 5. The second-order valence-corrected chi connectivity index (χ2v) is 9.42. The van der Waals surface area contributed by atoms with Crippen LogP contribution in [0.4, 0.5) is 0 Å². The lowest BCUT2D eigenvalue weighted by Gasteiger charge is -2.42. The van der Waals surface area contributed by atoms with Crippen LogP contribution in [-0.2, 0) is 11.3 Å². The summed E-state index contributed by atoms with van der Waals surface area (Å²) in [7, 11) is 0. The zero-order valence-corrected chi connectivity index (χ0v) is 16.4. The van der Waals surface area contributed by atoms with E-state index < -0.39 is 0 Å². The Bertz CT molecular complexity index is 679. The first-order chi connectivity index (χ1) is 13.2. The lowest BCUT2D eigenvalue weighted by atomic mass is 9.77. The van der Waals surface area contributed by atoms with Crippen LogP contribution in [-0.4, -0.2) is 52.0 Å². The fraction of sp³-hybridized carbons (Fsp3) is 0.857. The normalized spacial score (nSPS) is 30.5. The van der Waals surface area contributed by atoms with Gasteiger partial charge < -0.3 is 9.42 Å². The second-order valence-electron chi connectivity index (χ2n) is 9.42. The number of amides is 1. The van der Waals surface area contributed by atoms with Crippen molar-refractivity contribution in [1.29, 1.82) is 0 Å². The summed E-state index contributed by atoms with van der Waals surface area (Å²) in [6.07, 6.45) is 12.1. The maximum Gasteiger partial charge on any atom is 0.230 e. The molecule has 1 atom stereocenters. The zero-order chi connectivity index (χ0) is 18.3. The van der Waals surface area contributed by atoms with E-state index in [1.807, 2.05) is 0 Å². The molecule has 2 aliphatic carbocycles. The maximum absolute atomic E-state index is 13.3. The van der Waals surface area contributed by atoms with Crippen molar-refractivity contribution >= 4 is 5.91 Å². The van der Waals surface area contributed by atoms with Gasteiger partial charge in [0.1, 0.15) is 0 Å². The summed E-state index contributed by atoms with van der Waals surface area (Å²) in [5, 5.41) is 4.23. The Morgan fingerprint density at radius 3 is 2.67 bits per heavy atom. The Kier molecular flexibility index (Phi) is 4.70. The van der Waals surface area contributed by atoms with Crippen LogP contribution < -0.4 is 0 Å². The first-order valence-electron chi connectivity index (χ1n) is 11.1. The molecule has 1 spiro atoms. The van der Waals surface area contributed by atoms with Gasteiger partial charge in [-0.15, -0.1) is 0 Å². The summed E-state index contributed by atoms with van der Waals surface area (Å²) >= 11 is 0. The summed E-state index contributed by atoms with van der Waals surface area (Å²) < 4.78 is 5.53. The molecule has 5 rings (SSSR count). The van der Waals surface area contributed by atoms with Crippen LogP contribution in [0, 0.1) is 11.3 Å². The van der Waals surface area contributed by atoms with Gasteiger partial charge in [-0.3, -0.25) is 9.69 Å². The van der Waals surface area contributed by atoms with E-state index in [2.05, 4.69) is 19.9 Å². The lowest BCUT2D eigenvalue weighted by Crippen LogP contribution is -2.51. The zero-order valence-electron chi connectivity index (χ0n) is 16.4. The third kappa shape index (κ3) is 3.41. The number of hydrogen-bond donors (Lipinski definition) is 0. The van der Waals surface area contributed by atoms with Crippen LogP contribution in [0.3, 0.4) is 0 Å². The van der Waals surface area contributed by atoms with E-state index in [1.54, 1.807) is 0 Å². The quantitative estimate of drug-likeness (QED) is 0.793. The predicted octanol–water partition coefficient (Wildman–Crippen LogP) is 3.34. The molecule has 2 saturated carbocycles. The van der Waals surface area contributed by atoms with Crippen LogP contribution in [0.1, 0.15) is 81.8 Å². The Hall–Kier alpha value is -1.43. The highest BCUT2D eigenvalue weighted by atomic mass is 16.5. The molecule has 3 heterocycles. The Balaban J connectivity index is 1.20. The van der Waals surface area contributed by atoms with E-state index in [0.717, 1.165) is 63.1 Å². The summed E-state index contributed by atoms with van der Waals surface area (Å²) in [5.74, 6) is 3.27. The molecule has 6 heteroatoms. The molecule has 148 valence electrons. The predicted molar refractivity (Wildman–Crippen MR) is 101 cm³/mol. The lowest BCUT2D eigenvalue weighted by molar-refractivity contribution is -0.146. The Morgan fingerprint density at radius 2 is 1.89 bits per heavy atom. The minimum absolute atomic E-state index is 0.153. The van der Waals surface area contributed by atoms with Gasteiger partial charge in [-0.05, 0) is 57.4 Å². The number of piperidine rings is 1. The number of likely N-dealkylation sites (tertiary alicyclic amines) is 2. The van der Waals surface area contributed by atoms with E-state index >= 15 is 0 Å². The van der Waals surface area contributed by atoms with Crippen molar-refractivity contribution in [2.45, 2.75) is 76.7 Å². The van der Waals surface area contributed by atoms with Crippen LogP contribution in [0.25, 0.3) is 0 Å².